The fraction of sp³-hybridized carbons (Fsp3) is 0.500. The van der Waals surface area contributed by atoms with E-state index in [0.717, 1.165) is 6.42 Å². The lowest BCUT2D eigenvalue weighted by atomic mass is 9.96. The van der Waals surface area contributed by atoms with E-state index in [1.54, 1.807) is 0 Å². The number of benzene rings is 1. The summed E-state index contributed by atoms with van der Waals surface area (Å²) in [7, 11) is 0. The molecule has 110 valence electrons. The number of allylic oxidation sites excluding steroid dienone is 4. The molecule has 0 nitrogen and oxygen atoms in total. The molecule has 0 saturated carbocycles. The van der Waals surface area contributed by atoms with Crippen LogP contribution in [0.3, 0.4) is 0 Å². The van der Waals surface area contributed by atoms with Crippen LogP contribution in [0.25, 0.3) is 0 Å². The predicted octanol–water partition coefficient (Wildman–Crippen LogP) is 6.65. The topological polar surface area (TPSA) is 0 Å². The van der Waals surface area contributed by atoms with Crippen LogP contribution in [0.2, 0.25) is 0 Å². The van der Waals surface area contributed by atoms with Gasteiger partial charge in [0.2, 0.25) is 0 Å². The lowest BCUT2D eigenvalue weighted by Gasteiger charge is -2.09. The van der Waals surface area contributed by atoms with Crippen LogP contribution in [0, 0.1) is 0 Å². The summed E-state index contributed by atoms with van der Waals surface area (Å²) in [4.78, 5) is 0. The van der Waals surface area contributed by atoms with Crippen LogP contribution in [-0.2, 0) is 0 Å². The highest BCUT2D eigenvalue weighted by Gasteiger charge is 2.02. The van der Waals surface area contributed by atoms with Gasteiger partial charge in [-0.15, -0.1) is 0 Å². The molecule has 0 fully saturated rings. The second-order valence-corrected chi connectivity index (χ2v) is 5.44. The van der Waals surface area contributed by atoms with Crippen LogP contribution in [0.15, 0.2) is 54.6 Å². The molecule has 0 heterocycles. The average molecular weight is 270 g/mol. The van der Waals surface area contributed by atoms with Crippen molar-refractivity contribution >= 4 is 0 Å². The van der Waals surface area contributed by atoms with Gasteiger partial charge in [0, 0.05) is 5.92 Å². The van der Waals surface area contributed by atoms with Gasteiger partial charge in [-0.25, -0.2) is 0 Å². The Morgan fingerprint density at radius 1 is 0.900 bits per heavy atom. The highest BCUT2D eigenvalue weighted by molar-refractivity contribution is 5.24. The Bertz CT molecular complexity index is 372. The SMILES string of the molecule is CCCCCCC/C=C/C=C\[C@@H](CC)c1ccccc1. The molecule has 0 aromatic heterocycles. The van der Waals surface area contributed by atoms with Crippen molar-refractivity contribution < 1.29 is 0 Å². The van der Waals surface area contributed by atoms with Crippen LogP contribution in [0.5, 0.6) is 0 Å². The summed E-state index contributed by atoms with van der Waals surface area (Å²) in [5.74, 6) is 0.547. The highest BCUT2D eigenvalue weighted by Crippen LogP contribution is 2.20. The van der Waals surface area contributed by atoms with Crippen molar-refractivity contribution in [3.05, 3.63) is 60.2 Å². The lowest BCUT2D eigenvalue weighted by molar-refractivity contribution is 0.637. The molecular weight excluding hydrogens is 240 g/mol. The lowest BCUT2D eigenvalue weighted by Crippen LogP contribution is -1.91. The number of hydrogen-bond donors (Lipinski definition) is 0. The quantitative estimate of drug-likeness (QED) is 0.329. The molecule has 0 bridgehead atoms. The van der Waals surface area contributed by atoms with E-state index in [0.29, 0.717) is 5.92 Å². The maximum atomic E-state index is 2.32. The molecule has 0 amide bonds. The van der Waals surface area contributed by atoms with E-state index in [1.165, 1.54) is 44.1 Å². The molecule has 0 spiro atoms. The first-order valence-corrected chi connectivity index (χ1v) is 8.26. The van der Waals surface area contributed by atoms with Gasteiger partial charge in [0.25, 0.3) is 0 Å². The van der Waals surface area contributed by atoms with Gasteiger partial charge in [-0.2, -0.15) is 0 Å². The van der Waals surface area contributed by atoms with E-state index in [2.05, 4.69) is 68.5 Å². The predicted molar refractivity (Wildman–Crippen MR) is 91.1 cm³/mol. The van der Waals surface area contributed by atoms with Crippen LogP contribution >= 0.6 is 0 Å². The van der Waals surface area contributed by atoms with Crippen molar-refractivity contribution in [2.24, 2.45) is 0 Å². The molecule has 0 unspecified atom stereocenters. The zero-order chi connectivity index (χ0) is 14.5. The molecule has 1 aromatic rings. The Hall–Kier alpha value is -1.30. The maximum Gasteiger partial charge on any atom is 0.00184 e. The van der Waals surface area contributed by atoms with Gasteiger partial charge in [0.05, 0.1) is 0 Å². The average Bonchev–Trinajstić information content (AvgIpc) is 2.50. The van der Waals surface area contributed by atoms with E-state index in [1.807, 2.05) is 0 Å². The molecule has 0 N–H and O–H groups in total. The minimum atomic E-state index is 0.547. The van der Waals surface area contributed by atoms with Crippen molar-refractivity contribution in [3.8, 4) is 0 Å². The monoisotopic (exact) mass is 270 g/mol. The molecule has 1 atom stereocenters. The maximum absolute atomic E-state index is 2.32. The van der Waals surface area contributed by atoms with Crippen LogP contribution in [0.1, 0.15) is 70.3 Å². The zero-order valence-electron chi connectivity index (χ0n) is 13.2. The van der Waals surface area contributed by atoms with Crippen molar-refractivity contribution in [3.63, 3.8) is 0 Å². The Labute approximate surface area is 125 Å². The van der Waals surface area contributed by atoms with E-state index >= 15 is 0 Å². The summed E-state index contributed by atoms with van der Waals surface area (Å²) in [6.07, 6.45) is 18.3. The van der Waals surface area contributed by atoms with Crippen LogP contribution in [0.4, 0.5) is 0 Å². The zero-order valence-corrected chi connectivity index (χ0v) is 13.2. The first-order valence-electron chi connectivity index (χ1n) is 8.26. The van der Waals surface area contributed by atoms with Crippen LogP contribution < -0.4 is 0 Å². The summed E-state index contributed by atoms with van der Waals surface area (Å²) in [6.45, 7) is 4.51. The third-order valence-electron chi connectivity index (χ3n) is 3.73. The van der Waals surface area contributed by atoms with E-state index in [9.17, 15) is 0 Å². The van der Waals surface area contributed by atoms with Gasteiger partial charge >= 0.3 is 0 Å². The molecule has 1 aromatic carbocycles. The number of unbranched alkanes of at least 4 members (excludes halogenated alkanes) is 5. The van der Waals surface area contributed by atoms with Crippen molar-refractivity contribution in [1.29, 1.82) is 0 Å². The smallest absolute Gasteiger partial charge is 0.00184 e. The first kappa shape index (κ1) is 16.8. The third-order valence-corrected chi connectivity index (χ3v) is 3.73. The van der Waals surface area contributed by atoms with Gasteiger partial charge in [0.15, 0.2) is 0 Å². The Morgan fingerprint density at radius 2 is 1.65 bits per heavy atom. The minimum absolute atomic E-state index is 0.547. The molecule has 20 heavy (non-hydrogen) atoms. The second kappa shape index (κ2) is 11.5. The van der Waals surface area contributed by atoms with Gasteiger partial charge in [-0.1, -0.05) is 94.2 Å². The molecule has 0 aliphatic rings. The summed E-state index contributed by atoms with van der Waals surface area (Å²) >= 11 is 0. The first-order chi connectivity index (χ1) is 9.88. The minimum Gasteiger partial charge on any atom is -0.0845 e. The summed E-state index contributed by atoms with van der Waals surface area (Å²) in [6, 6.07) is 10.8. The molecule has 0 aliphatic heterocycles. The fourth-order valence-corrected chi connectivity index (χ4v) is 2.42. The number of hydrogen-bond acceptors (Lipinski definition) is 0. The van der Waals surface area contributed by atoms with Crippen LogP contribution in [-0.4, -0.2) is 0 Å². The summed E-state index contributed by atoms with van der Waals surface area (Å²) < 4.78 is 0. The summed E-state index contributed by atoms with van der Waals surface area (Å²) in [5.41, 5.74) is 1.42. The molecule has 0 radical (unpaired) electrons. The summed E-state index contributed by atoms with van der Waals surface area (Å²) in [5, 5.41) is 0. The Morgan fingerprint density at radius 3 is 2.35 bits per heavy atom. The fourth-order valence-electron chi connectivity index (χ4n) is 2.42. The van der Waals surface area contributed by atoms with Crippen molar-refractivity contribution in [1.82, 2.24) is 0 Å². The van der Waals surface area contributed by atoms with Gasteiger partial charge in [-0.3, -0.25) is 0 Å². The van der Waals surface area contributed by atoms with E-state index < -0.39 is 0 Å². The highest BCUT2D eigenvalue weighted by atomic mass is 14.1. The normalized spacial score (nSPS) is 13.3. The Balaban J connectivity index is 2.25. The molecule has 1 rings (SSSR count). The Kier molecular flexibility index (Phi) is 9.65. The van der Waals surface area contributed by atoms with E-state index in [4.69, 9.17) is 0 Å². The van der Waals surface area contributed by atoms with Gasteiger partial charge in [-0.05, 0) is 24.8 Å². The third kappa shape index (κ3) is 7.33. The van der Waals surface area contributed by atoms with Gasteiger partial charge in [0.1, 0.15) is 0 Å². The molecule has 0 saturated heterocycles. The number of rotatable bonds is 10. The van der Waals surface area contributed by atoms with Gasteiger partial charge < -0.3 is 0 Å². The standard InChI is InChI=1S/C20H30/c1-3-5-6-7-8-9-10-11-13-16-19(4-2)20-17-14-12-15-18-20/h10-19H,3-9H2,1-2H3/b11-10+,16-13-/t19-/m1/s1. The van der Waals surface area contributed by atoms with Crippen molar-refractivity contribution in [2.45, 2.75) is 64.7 Å². The van der Waals surface area contributed by atoms with Crippen molar-refractivity contribution in [2.75, 3.05) is 0 Å². The molecule has 0 aliphatic carbocycles. The second-order valence-electron chi connectivity index (χ2n) is 5.44. The van der Waals surface area contributed by atoms with E-state index in [-0.39, 0.29) is 0 Å². The largest absolute Gasteiger partial charge is 0.0845 e. The molecular formula is C20H30. The molecule has 0 heteroatoms.